The van der Waals surface area contributed by atoms with E-state index in [0.717, 1.165) is 12.1 Å². The zero-order valence-electron chi connectivity index (χ0n) is 10.5. The van der Waals surface area contributed by atoms with Crippen LogP contribution in [0.5, 0.6) is 0 Å². The van der Waals surface area contributed by atoms with Crippen LogP contribution in [-0.4, -0.2) is 12.6 Å². The lowest BCUT2D eigenvalue weighted by Gasteiger charge is -2.23. The zero-order valence-corrected chi connectivity index (χ0v) is 10.5. The van der Waals surface area contributed by atoms with Gasteiger partial charge in [-0.25, -0.2) is 8.78 Å². The Hall–Kier alpha value is -1.71. The van der Waals surface area contributed by atoms with E-state index in [4.69, 9.17) is 4.74 Å². The highest BCUT2D eigenvalue weighted by atomic mass is 19.2. The first-order chi connectivity index (χ1) is 8.42. The molecule has 0 N–H and O–H groups in total. The minimum absolute atomic E-state index is 0.215. The summed E-state index contributed by atoms with van der Waals surface area (Å²) in [5.41, 5.74) is -0.426. The maximum Gasteiger partial charge on any atom is 0.315 e. The van der Waals surface area contributed by atoms with E-state index < -0.39 is 23.0 Å². The van der Waals surface area contributed by atoms with Crippen molar-refractivity contribution in [2.75, 3.05) is 6.61 Å². The van der Waals surface area contributed by atoms with Crippen molar-refractivity contribution in [3.8, 4) is 0 Å². The number of halogens is 2. The average Bonchev–Trinajstić information content (AvgIpc) is 2.34. The average molecular weight is 254 g/mol. The van der Waals surface area contributed by atoms with Gasteiger partial charge in [-0.05, 0) is 38.0 Å². The first-order valence-electron chi connectivity index (χ1n) is 5.67. The van der Waals surface area contributed by atoms with Crippen molar-refractivity contribution in [1.29, 1.82) is 0 Å². The Morgan fingerprint density at radius 1 is 1.44 bits per heavy atom. The molecule has 18 heavy (non-hydrogen) atoms. The van der Waals surface area contributed by atoms with Crippen LogP contribution in [0.25, 0.3) is 0 Å². The van der Waals surface area contributed by atoms with Crippen molar-refractivity contribution in [3.63, 3.8) is 0 Å². The molecule has 0 bridgehead atoms. The number of ether oxygens (including phenoxy) is 1. The van der Waals surface area contributed by atoms with Crippen molar-refractivity contribution in [1.82, 2.24) is 0 Å². The number of hydrogen-bond donors (Lipinski definition) is 0. The maximum atomic E-state index is 13.1. The van der Waals surface area contributed by atoms with E-state index in [2.05, 4.69) is 6.58 Å². The smallest absolute Gasteiger partial charge is 0.315 e. The fourth-order valence-corrected chi connectivity index (χ4v) is 1.60. The summed E-state index contributed by atoms with van der Waals surface area (Å²) in [5.74, 6) is -2.26. The van der Waals surface area contributed by atoms with E-state index in [1.165, 1.54) is 12.1 Å². The molecule has 0 aliphatic rings. The second-order valence-electron chi connectivity index (χ2n) is 4.27. The Labute approximate surface area is 105 Å². The van der Waals surface area contributed by atoms with Crippen molar-refractivity contribution in [2.24, 2.45) is 5.41 Å². The lowest BCUT2D eigenvalue weighted by Crippen LogP contribution is -2.30. The maximum absolute atomic E-state index is 13.1. The molecule has 0 spiro atoms. The number of benzene rings is 1. The topological polar surface area (TPSA) is 26.3 Å². The van der Waals surface area contributed by atoms with Crippen molar-refractivity contribution in [3.05, 3.63) is 48.1 Å². The monoisotopic (exact) mass is 254 g/mol. The number of hydrogen-bond acceptors (Lipinski definition) is 2. The second-order valence-corrected chi connectivity index (χ2v) is 4.27. The molecular formula is C14H16F2O2. The summed E-state index contributed by atoms with van der Waals surface area (Å²) < 4.78 is 30.8. The molecule has 98 valence electrons. The van der Waals surface area contributed by atoms with Gasteiger partial charge in [0, 0.05) is 0 Å². The van der Waals surface area contributed by atoms with Gasteiger partial charge in [-0.2, -0.15) is 0 Å². The summed E-state index contributed by atoms with van der Waals surface area (Å²) in [7, 11) is 0. The van der Waals surface area contributed by atoms with Gasteiger partial charge >= 0.3 is 5.97 Å². The number of esters is 1. The van der Waals surface area contributed by atoms with Gasteiger partial charge in [0.05, 0.1) is 12.0 Å². The van der Waals surface area contributed by atoms with E-state index >= 15 is 0 Å². The number of rotatable bonds is 5. The highest BCUT2D eigenvalue weighted by Crippen LogP contribution is 2.26. The molecule has 1 aromatic rings. The van der Waals surface area contributed by atoms with Crippen molar-refractivity contribution < 1.29 is 18.3 Å². The SMILES string of the molecule is C=CC(C)(Cc1ccc(F)c(F)c1)C(=O)OCC. The largest absolute Gasteiger partial charge is 0.465 e. The van der Waals surface area contributed by atoms with Crippen LogP contribution in [0.1, 0.15) is 19.4 Å². The van der Waals surface area contributed by atoms with E-state index in [9.17, 15) is 13.6 Å². The molecule has 0 heterocycles. The molecule has 0 aromatic heterocycles. The minimum atomic E-state index is -0.944. The quantitative estimate of drug-likeness (QED) is 0.595. The summed E-state index contributed by atoms with van der Waals surface area (Å²) in [4.78, 5) is 11.8. The summed E-state index contributed by atoms with van der Waals surface area (Å²) in [6.07, 6.45) is 1.68. The van der Waals surface area contributed by atoms with E-state index in [1.54, 1.807) is 13.8 Å². The summed E-state index contributed by atoms with van der Waals surface area (Å²) in [6, 6.07) is 3.56. The van der Waals surface area contributed by atoms with Crippen molar-refractivity contribution in [2.45, 2.75) is 20.3 Å². The van der Waals surface area contributed by atoms with Gasteiger partial charge in [-0.3, -0.25) is 4.79 Å². The predicted molar refractivity (Wildman–Crippen MR) is 65.0 cm³/mol. The molecule has 1 unspecified atom stereocenters. The van der Waals surface area contributed by atoms with Crippen molar-refractivity contribution >= 4 is 5.97 Å². The number of carbonyl (C=O) groups is 1. The van der Waals surface area contributed by atoms with E-state index in [1.807, 2.05) is 0 Å². The number of carbonyl (C=O) groups excluding carboxylic acids is 1. The van der Waals surface area contributed by atoms with Gasteiger partial charge in [-0.15, -0.1) is 6.58 Å². The van der Waals surface area contributed by atoms with Gasteiger partial charge in [-0.1, -0.05) is 12.1 Å². The molecule has 0 amide bonds. The van der Waals surface area contributed by atoms with Crippen LogP contribution in [0.2, 0.25) is 0 Å². The summed E-state index contributed by atoms with van der Waals surface area (Å²) >= 11 is 0. The van der Waals surface area contributed by atoms with Gasteiger partial charge < -0.3 is 4.74 Å². The Kier molecular flexibility index (Phi) is 4.59. The highest BCUT2D eigenvalue weighted by molar-refractivity contribution is 5.79. The molecule has 0 saturated carbocycles. The zero-order chi connectivity index (χ0) is 13.8. The lowest BCUT2D eigenvalue weighted by atomic mass is 9.84. The third-order valence-corrected chi connectivity index (χ3v) is 2.75. The standard InChI is InChI=1S/C14H16F2O2/c1-4-14(3,13(17)18-5-2)9-10-6-7-11(15)12(16)8-10/h4,6-8H,1,5,9H2,2-3H3. The van der Waals surface area contributed by atoms with Crippen LogP contribution in [0.3, 0.4) is 0 Å². The Morgan fingerprint density at radius 3 is 2.61 bits per heavy atom. The Morgan fingerprint density at radius 2 is 2.11 bits per heavy atom. The van der Waals surface area contributed by atoms with Crippen LogP contribution in [0.4, 0.5) is 8.78 Å². The second kappa shape index (κ2) is 5.76. The Bertz CT molecular complexity index is 457. The summed E-state index contributed by atoms with van der Waals surface area (Å²) in [5, 5.41) is 0. The minimum Gasteiger partial charge on any atom is -0.465 e. The molecule has 1 atom stereocenters. The molecule has 1 aromatic carbocycles. The lowest BCUT2D eigenvalue weighted by molar-refractivity contribution is -0.151. The molecule has 0 aliphatic heterocycles. The molecular weight excluding hydrogens is 238 g/mol. The van der Waals surface area contributed by atoms with E-state index in [-0.39, 0.29) is 13.0 Å². The molecule has 0 radical (unpaired) electrons. The normalized spacial score (nSPS) is 13.8. The fraction of sp³-hybridized carbons (Fsp3) is 0.357. The first kappa shape index (κ1) is 14.4. The van der Waals surface area contributed by atoms with Gasteiger partial charge in [0.25, 0.3) is 0 Å². The van der Waals surface area contributed by atoms with Gasteiger partial charge in [0.15, 0.2) is 11.6 Å². The highest BCUT2D eigenvalue weighted by Gasteiger charge is 2.31. The van der Waals surface area contributed by atoms with Crippen LogP contribution in [0.15, 0.2) is 30.9 Å². The van der Waals surface area contributed by atoms with Crippen LogP contribution in [-0.2, 0) is 16.0 Å². The third kappa shape index (κ3) is 3.15. The first-order valence-corrected chi connectivity index (χ1v) is 5.67. The van der Waals surface area contributed by atoms with Crippen LogP contribution < -0.4 is 0 Å². The van der Waals surface area contributed by atoms with Gasteiger partial charge in [0.2, 0.25) is 0 Å². The fourth-order valence-electron chi connectivity index (χ4n) is 1.60. The predicted octanol–water partition coefficient (Wildman–Crippen LogP) is 3.26. The third-order valence-electron chi connectivity index (χ3n) is 2.75. The molecule has 0 fully saturated rings. The van der Waals surface area contributed by atoms with E-state index in [0.29, 0.717) is 5.56 Å². The summed E-state index contributed by atoms with van der Waals surface area (Å²) in [6.45, 7) is 7.23. The van der Waals surface area contributed by atoms with Crippen LogP contribution >= 0.6 is 0 Å². The molecule has 0 aliphatic carbocycles. The molecule has 0 saturated heterocycles. The Balaban J connectivity index is 2.94. The molecule has 2 nitrogen and oxygen atoms in total. The molecule has 1 rings (SSSR count). The molecule has 4 heteroatoms. The van der Waals surface area contributed by atoms with Gasteiger partial charge in [0.1, 0.15) is 0 Å². The van der Waals surface area contributed by atoms with Crippen LogP contribution in [0, 0.1) is 17.0 Å².